The lowest BCUT2D eigenvalue weighted by Gasteiger charge is -2.33. The standard InChI is InChI=1S/C19H24ClN3O2S/c1-13(2)11-23-7-8-25-14(12-23)9-21-18(24)17-10-22-19(26-17)15-5-3-4-6-16(15)20/h3-6,10,13-14H,7-9,11-12H2,1-2H3,(H,21,24)/t14-/m0/s1. The maximum absolute atomic E-state index is 12.4. The Balaban J connectivity index is 1.55. The van der Waals surface area contributed by atoms with Crippen LogP contribution in [0.25, 0.3) is 10.6 Å². The van der Waals surface area contributed by atoms with Crippen LogP contribution in [0.3, 0.4) is 0 Å². The summed E-state index contributed by atoms with van der Waals surface area (Å²) < 4.78 is 5.78. The average molecular weight is 394 g/mol. The number of thiazole rings is 1. The number of rotatable bonds is 6. The van der Waals surface area contributed by atoms with Gasteiger partial charge in [-0.25, -0.2) is 4.98 Å². The molecule has 5 nitrogen and oxygen atoms in total. The molecule has 3 rings (SSSR count). The molecule has 2 heterocycles. The van der Waals surface area contributed by atoms with Crippen molar-refractivity contribution in [2.24, 2.45) is 5.92 Å². The van der Waals surface area contributed by atoms with Crippen LogP contribution in [0.15, 0.2) is 30.5 Å². The SMILES string of the molecule is CC(C)CN1CCO[C@@H](CNC(=O)c2cnc(-c3ccccc3Cl)s2)C1. The van der Waals surface area contributed by atoms with Gasteiger partial charge in [-0.1, -0.05) is 43.6 Å². The van der Waals surface area contributed by atoms with Crippen LogP contribution < -0.4 is 5.32 Å². The zero-order chi connectivity index (χ0) is 18.5. The van der Waals surface area contributed by atoms with Crippen molar-refractivity contribution in [1.29, 1.82) is 0 Å². The summed E-state index contributed by atoms with van der Waals surface area (Å²) >= 11 is 7.55. The molecule has 1 aliphatic rings. The Hall–Kier alpha value is -1.47. The molecular weight excluding hydrogens is 370 g/mol. The fraction of sp³-hybridized carbons (Fsp3) is 0.474. The number of morpholine rings is 1. The predicted molar refractivity (Wildman–Crippen MR) is 106 cm³/mol. The van der Waals surface area contributed by atoms with Crippen molar-refractivity contribution in [2.75, 3.05) is 32.8 Å². The van der Waals surface area contributed by atoms with Gasteiger partial charge in [0.2, 0.25) is 0 Å². The van der Waals surface area contributed by atoms with E-state index in [1.165, 1.54) is 11.3 Å². The van der Waals surface area contributed by atoms with Gasteiger partial charge in [-0.05, 0) is 12.0 Å². The van der Waals surface area contributed by atoms with Crippen molar-refractivity contribution in [2.45, 2.75) is 20.0 Å². The van der Waals surface area contributed by atoms with Gasteiger partial charge in [0.25, 0.3) is 5.91 Å². The maximum atomic E-state index is 12.4. The van der Waals surface area contributed by atoms with Gasteiger partial charge >= 0.3 is 0 Å². The van der Waals surface area contributed by atoms with Crippen LogP contribution in [0, 0.1) is 5.92 Å². The van der Waals surface area contributed by atoms with Gasteiger partial charge in [-0.15, -0.1) is 11.3 Å². The number of benzene rings is 1. The number of nitrogens with zero attached hydrogens (tertiary/aromatic N) is 2. The third kappa shape index (κ3) is 5.04. The van der Waals surface area contributed by atoms with Crippen LogP contribution in [0.2, 0.25) is 5.02 Å². The predicted octanol–water partition coefficient (Wildman–Crippen LogP) is 3.55. The molecule has 0 spiro atoms. The Morgan fingerprint density at radius 1 is 1.46 bits per heavy atom. The zero-order valence-corrected chi connectivity index (χ0v) is 16.6. The van der Waals surface area contributed by atoms with Gasteiger partial charge in [-0.2, -0.15) is 0 Å². The van der Waals surface area contributed by atoms with Gasteiger partial charge in [0, 0.05) is 31.7 Å². The number of aromatic nitrogens is 1. The van der Waals surface area contributed by atoms with Crippen molar-refractivity contribution in [1.82, 2.24) is 15.2 Å². The van der Waals surface area contributed by atoms with Crippen molar-refractivity contribution in [3.05, 3.63) is 40.4 Å². The molecule has 1 atom stereocenters. The number of amides is 1. The van der Waals surface area contributed by atoms with Crippen molar-refractivity contribution in [3.63, 3.8) is 0 Å². The molecule has 0 bridgehead atoms. The smallest absolute Gasteiger partial charge is 0.263 e. The van der Waals surface area contributed by atoms with E-state index in [1.807, 2.05) is 24.3 Å². The summed E-state index contributed by atoms with van der Waals surface area (Å²) in [6.45, 7) is 8.52. The normalized spacial score (nSPS) is 18.2. The van der Waals surface area contributed by atoms with Crippen LogP contribution in [0.1, 0.15) is 23.5 Å². The minimum absolute atomic E-state index is 0.0300. The molecule has 1 aliphatic heterocycles. The second-order valence-electron chi connectivity index (χ2n) is 6.87. The third-order valence-corrected chi connectivity index (χ3v) is 5.53. The Morgan fingerprint density at radius 2 is 2.27 bits per heavy atom. The van der Waals surface area contributed by atoms with E-state index in [4.69, 9.17) is 16.3 Å². The quantitative estimate of drug-likeness (QED) is 0.815. The van der Waals surface area contributed by atoms with Gasteiger partial charge in [0.15, 0.2) is 0 Å². The lowest BCUT2D eigenvalue weighted by atomic mass is 10.2. The molecule has 0 saturated carbocycles. The molecule has 0 unspecified atom stereocenters. The molecular formula is C19H24ClN3O2S. The molecule has 1 aromatic carbocycles. The number of nitrogens with one attached hydrogen (secondary N) is 1. The molecule has 1 saturated heterocycles. The van der Waals surface area contributed by atoms with Crippen LogP contribution in [0.5, 0.6) is 0 Å². The molecule has 7 heteroatoms. The fourth-order valence-electron chi connectivity index (χ4n) is 3.02. The number of hydrogen-bond donors (Lipinski definition) is 1. The van der Waals surface area contributed by atoms with E-state index < -0.39 is 0 Å². The summed E-state index contributed by atoms with van der Waals surface area (Å²) in [5, 5.41) is 4.35. The number of carbonyl (C=O) groups is 1. The summed E-state index contributed by atoms with van der Waals surface area (Å²) in [6, 6.07) is 7.51. The Bertz CT molecular complexity index is 750. The van der Waals surface area contributed by atoms with Gasteiger partial charge in [-0.3, -0.25) is 9.69 Å². The minimum Gasteiger partial charge on any atom is -0.374 e. The number of halogens is 1. The monoisotopic (exact) mass is 393 g/mol. The van der Waals surface area contributed by atoms with E-state index in [-0.39, 0.29) is 12.0 Å². The highest BCUT2D eigenvalue weighted by Crippen LogP contribution is 2.30. The first-order valence-corrected chi connectivity index (χ1v) is 10.0. The second kappa shape index (κ2) is 8.95. The summed E-state index contributed by atoms with van der Waals surface area (Å²) in [5.41, 5.74) is 0.846. The van der Waals surface area contributed by atoms with Crippen molar-refractivity contribution in [3.8, 4) is 10.6 Å². The largest absolute Gasteiger partial charge is 0.374 e. The van der Waals surface area contributed by atoms with Crippen molar-refractivity contribution < 1.29 is 9.53 Å². The third-order valence-electron chi connectivity index (χ3n) is 4.17. The van der Waals surface area contributed by atoms with Crippen LogP contribution in [-0.2, 0) is 4.74 Å². The minimum atomic E-state index is -0.120. The van der Waals surface area contributed by atoms with E-state index in [0.29, 0.717) is 29.0 Å². The average Bonchev–Trinajstić information content (AvgIpc) is 3.10. The molecule has 0 radical (unpaired) electrons. The zero-order valence-electron chi connectivity index (χ0n) is 15.1. The highest BCUT2D eigenvalue weighted by atomic mass is 35.5. The number of ether oxygens (including phenoxy) is 1. The van der Waals surface area contributed by atoms with Crippen LogP contribution >= 0.6 is 22.9 Å². The first-order chi connectivity index (χ1) is 12.5. The molecule has 1 aromatic heterocycles. The molecule has 26 heavy (non-hydrogen) atoms. The highest BCUT2D eigenvalue weighted by molar-refractivity contribution is 7.17. The Labute approximate surface area is 163 Å². The molecule has 1 amide bonds. The van der Waals surface area contributed by atoms with Gasteiger partial charge in [0.05, 0.1) is 23.9 Å². The van der Waals surface area contributed by atoms with E-state index in [9.17, 15) is 4.79 Å². The summed E-state index contributed by atoms with van der Waals surface area (Å²) in [4.78, 5) is 19.7. The topological polar surface area (TPSA) is 54.5 Å². The molecule has 1 N–H and O–H groups in total. The fourth-order valence-corrected chi connectivity index (χ4v) is 4.17. The lowest BCUT2D eigenvalue weighted by Crippen LogP contribution is -2.48. The van der Waals surface area contributed by atoms with Gasteiger partial charge < -0.3 is 10.1 Å². The lowest BCUT2D eigenvalue weighted by molar-refractivity contribution is -0.0295. The first-order valence-electron chi connectivity index (χ1n) is 8.86. The van der Waals surface area contributed by atoms with Crippen molar-refractivity contribution >= 4 is 28.8 Å². The molecule has 1 fully saturated rings. The first kappa shape index (κ1) is 19.3. The van der Waals surface area contributed by atoms with Gasteiger partial charge in [0.1, 0.15) is 9.88 Å². The van der Waals surface area contributed by atoms with E-state index in [1.54, 1.807) is 6.20 Å². The summed E-state index contributed by atoms with van der Waals surface area (Å²) in [5.74, 6) is 0.508. The van der Waals surface area contributed by atoms with E-state index >= 15 is 0 Å². The Morgan fingerprint density at radius 3 is 3.04 bits per heavy atom. The van der Waals surface area contributed by atoms with E-state index in [0.717, 1.165) is 30.2 Å². The summed E-state index contributed by atoms with van der Waals surface area (Å²) in [7, 11) is 0. The highest BCUT2D eigenvalue weighted by Gasteiger charge is 2.22. The number of hydrogen-bond acceptors (Lipinski definition) is 5. The number of carbonyl (C=O) groups excluding carboxylic acids is 1. The molecule has 0 aliphatic carbocycles. The second-order valence-corrected chi connectivity index (χ2v) is 8.30. The van der Waals surface area contributed by atoms with Crippen LogP contribution in [-0.4, -0.2) is 54.7 Å². The van der Waals surface area contributed by atoms with Crippen LogP contribution in [0.4, 0.5) is 0 Å². The molecule has 140 valence electrons. The molecule has 2 aromatic rings. The Kier molecular flexibility index (Phi) is 6.64. The summed E-state index contributed by atoms with van der Waals surface area (Å²) in [6.07, 6.45) is 1.63. The van der Waals surface area contributed by atoms with E-state index in [2.05, 4.69) is 29.0 Å². The maximum Gasteiger partial charge on any atom is 0.263 e.